The molecule has 0 bridgehead atoms. The number of pyridine rings is 1. The molecular formula is C38H47N5O7S2. The smallest absolute Gasteiger partial charge is 0.318 e. The van der Waals surface area contributed by atoms with Crippen molar-refractivity contribution in [1.29, 1.82) is 0 Å². The Balaban J connectivity index is 1.20. The number of rotatable bonds is 8. The Morgan fingerprint density at radius 3 is 2.67 bits per heavy atom. The average Bonchev–Trinajstić information content (AvgIpc) is 3.98. The van der Waals surface area contributed by atoms with E-state index in [1.165, 1.54) is 16.2 Å². The molecule has 0 radical (unpaired) electrons. The maximum atomic E-state index is 14.3. The normalized spacial score (nSPS) is 26.2. The summed E-state index contributed by atoms with van der Waals surface area (Å²) in [5.41, 5.74) is 2.01. The molecule has 2 N–H and O–H groups in total. The minimum atomic E-state index is -3.80. The summed E-state index contributed by atoms with van der Waals surface area (Å²) >= 11 is 1.51. The third-order valence-corrected chi connectivity index (χ3v) is 13.6. The van der Waals surface area contributed by atoms with Gasteiger partial charge in [-0.25, -0.2) is 23.2 Å². The first-order chi connectivity index (χ1) is 24.9. The number of aryl methyl sites for hydroxylation is 1. The van der Waals surface area contributed by atoms with Gasteiger partial charge in [0.1, 0.15) is 28.3 Å². The number of hydrogen-bond donors (Lipinski definition) is 2. The molecule has 1 aromatic carbocycles. The van der Waals surface area contributed by atoms with E-state index in [1.54, 1.807) is 7.11 Å². The number of carbonyl (C=O) groups excluding carboxylic acids is 3. The fraction of sp³-hybridized carbons (Fsp3) is 0.553. The molecule has 3 aromatic rings. The number of nitrogens with one attached hydrogen (secondary N) is 2. The first-order valence-electron chi connectivity index (χ1n) is 18.3. The zero-order valence-corrected chi connectivity index (χ0v) is 31.8. The number of amides is 3. The van der Waals surface area contributed by atoms with Crippen molar-refractivity contribution in [3.05, 3.63) is 47.0 Å². The van der Waals surface area contributed by atoms with Crippen molar-refractivity contribution in [3.63, 3.8) is 0 Å². The molecule has 52 heavy (non-hydrogen) atoms. The number of sulfonamides is 1. The van der Waals surface area contributed by atoms with E-state index >= 15 is 0 Å². The summed E-state index contributed by atoms with van der Waals surface area (Å²) in [4.78, 5) is 53.0. The van der Waals surface area contributed by atoms with Gasteiger partial charge in [0.15, 0.2) is 5.78 Å². The Labute approximate surface area is 308 Å². The first-order valence-corrected chi connectivity index (χ1v) is 20.7. The van der Waals surface area contributed by atoms with Crippen molar-refractivity contribution >= 4 is 50.0 Å². The van der Waals surface area contributed by atoms with E-state index in [2.05, 4.69) is 23.9 Å². The summed E-state index contributed by atoms with van der Waals surface area (Å²) in [7, 11) is -2.18. The monoisotopic (exact) mass is 749 g/mol. The van der Waals surface area contributed by atoms with Gasteiger partial charge in [0.2, 0.25) is 15.9 Å². The molecule has 2 aliphatic heterocycles. The zero-order chi connectivity index (χ0) is 36.8. The van der Waals surface area contributed by atoms with Crippen LogP contribution in [0.4, 0.5) is 4.79 Å². The van der Waals surface area contributed by atoms with Gasteiger partial charge >= 0.3 is 6.03 Å². The SMILES string of the molecule is COc1ccc2c(O[C@@H]3C[C@H]4C(=O)C[C@]5(C(=O)NS(=O)(=O)C6CC6)C[C@H]5/C=C\CCCCCNC(=O)N4C3)cc(-c3nc(C(C)C)cs3)nc2c1C. The van der Waals surface area contributed by atoms with Crippen LogP contribution in [0, 0.1) is 18.3 Å². The topological polar surface area (TPSA) is 157 Å². The predicted molar refractivity (Wildman–Crippen MR) is 199 cm³/mol. The third-order valence-electron chi connectivity index (χ3n) is 10.9. The van der Waals surface area contributed by atoms with E-state index in [4.69, 9.17) is 19.4 Å². The number of hydrogen-bond acceptors (Lipinski definition) is 10. The van der Waals surface area contributed by atoms with Crippen molar-refractivity contribution in [3.8, 4) is 22.2 Å². The number of aromatic nitrogens is 2. The highest BCUT2D eigenvalue weighted by Crippen LogP contribution is 2.57. The highest BCUT2D eigenvalue weighted by atomic mass is 32.2. The minimum Gasteiger partial charge on any atom is -0.496 e. The number of carbonyl (C=O) groups is 3. The van der Waals surface area contributed by atoms with Gasteiger partial charge in [-0.1, -0.05) is 32.4 Å². The standard InChI is InChI=1S/C38H47N5O7S2/c1-22(2)29-21-51-35(41-29)28-17-33(27-13-14-32(49-4)23(3)34(27)40-28)50-25-16-30-31(44)19-38(36(45)42-52(47,48)26-11-12-26)18-24(38)10-8-6-5-7-9-15-39-37(46)43(30)20-25/h8,10,13-14,17,21-22,24-26,30H,5-7,9,11-12,15-16,18-20H2,1-4H3,(H,39,46)(H,42,45)/b10-8-/t24-,25-,30+,38-/m1/s1. The van der Waals surface area contributed by atoms with Gasteiger partial charge in [-0.15, -0.1) is 11.3 Å². The molecule has 3 amide bonds. The zero-order valence-electron chi connectivity index (χ0n) is 30.1. The van der Waals surface area contributed by atoms with E-state index < -0.39 is 38.7 Å². The third kappa shape index (κ3) is 7.28. The van der Waals surface area contributed by atoms with Crippen LogP contribution in [0.3, 0.4) is 0 Å². The van der Waals surface area contributed by atoms with Crippen molar-refractivity contribution in [2.24, 2.45) is 11.3 Å². The van der Waals surface area contributed by atoms with Crippen molar-refractivity contribution in [1.82, 2.24) is 24.9 Å². The fourth-order valence-corrected chi connectivity index (χ4v) is 9.77. The Bertz CT molecular complexity index is 2020. The van der Waals surface area contributed by atoms with Gasteiger partial charge in [-0.3, -0.25) is 14.3 Å². The quantitative estimate of drug-likeness (QED) is 0.263. The summed E-state index contributed by atoms with van der Waals surface area (Å²) in [6.07, 6.45) is 8.36. The van der Waals surface area contributed by atoms with Crippen LogP contribution in [-0.4, -0.2) is 78.6 Å². The molecule has 2 aliphatic carbocycles. The second-order valence-corrected chi connectivity index (χ2v) is 17.8. The Morgan fingerprint density at radius 1 is 1.13 bits per heavy atom. The van der Waals surface area contributed by atoms with Gasteiger partial charge < -0.3 is 19.7 Å². The number of ketones is 1. The Hall–Kier alpha value is -4.04. The van der Waals surface area contributed by atoms with Gasteiger partial charge in [0.05, 0.1) is 41.6 Å². The van der Waals surface area contributed by atoms with Gasteiger partial charge in [-0.2, -0.15) is 0 Å². The van der Waals surface area contributed by atoms with Crippen LogP contribution in [0.15, 0.2) is 35.7 Å². The van der Waals surface area contributed by atoms with Gasteiger partial charge in [0.25, 0.3) is 0 Å². The molecule has 0 unspecified atom stereocenters. The molecule has 4 atom stereocenters. The molecule has 1 saturated heterocycles. The lowest BCUT2D eigenvalue weighted by molar-refractivity contribution is -0.131. The van der Waals surface area contributed by atoms with E-state index in [0.717, 1.165) is 47.3 Å². The molecule has 12 nitrogen and oxygen atoms in total. The second-order valence-electron chi connectivity index (χ2n) is 15.0. The van der Waals surface area contributed by atoms with Crippen LogP contribution in [-0.2, 0) is 19.6 Å². The van der Waals surface area contributed by atoms with E-state index in [9.17, 15) is 22.8 Å². The molecule has 4 aliphatic rings. The highest BCUT2D eigenvalue weighted by molar-refractivity contribution is 7.90. The number of nitrogens with zero attached hydrogens (tertiary/aromatic N) is 3. The fourth-order valence-electron chi connectivity index (χ4n) is 7.44. The Kier molecular flexibility index (Phi) is 10.1. The Morgan fingerprint density at radius 2 is 1.94 bits per heavy atom. The second kappa shape index (κ2) is 14.4. The largest absolute Gasteiger partial charge is 0.496 e. The molecule has 2 aromatic heterocycles. The summed E-state index contributed by atoms with van der Waals surface area (Å²) in [6, 6.07) is 4.43. The molecule has 4 heterocycles. The van der Waals surface area contributed by atoms with E-state index in [0.29, 0.717) is 48.5 Å². The first kappa shape index (κ1) is 36.3. The van der Waals surface area contributed by atoms with Crippen LogP contribution in [0.25, 0.3) is 21.6 Å². The van der Waals surface area contributed by atoms with Crippen LogP contribution in [0.2, 0.25) is 0 Å². The van der Waals surface area contributed by atoms with Crippen LogP contribution >= 0.6 is 11.3 Å². The summed E-state index contributed by atoms with van der Waals surface area (Å²) in [5, 5.41) is 5.99. The highest BCUT2D eigenvalue weighted by Gasteiger charge is 2.61. The predicted octanol–water partition coefficient (Wildman–Crippen LogP) is 6.03. The summed E-state index contributed by atoms with van der Waals surface area (Å²) < 4.78 is 40.2. The lowest BCUT2D eigenvalue weighted by atomic mass is 9.91. The number of methoxy groups -OCH3 is 1. The maximum absolute atomic E-state index is 14.3. The summed E-state index contributed by atoms with van der Waals surface area (Å²) in [6.45, 7) is 6.76. The number of ether oxygens (including phenoxy) is 2. The molecule has 2 saturated carbocycles. The lowest BCUT2D eigenvalue weighted by Gasteiger charge is -2.25. The number of thiazole rings is 1. The number of urea groups is 1. The number of benzene rings is 1. The van der Waals surface area contributed by atoms with Crippen molar-refractivity contribution < 1.29 is 32.3 Å². The lowest BCUT2D eigenvalue weighted by Crippen LogP contribution is -2.48. The van der Waals surface area contributed by atoms with Gasteiger partial charge in [-0.05, 0) is 69.4 Å². The maximum Gasteiger partial charge on any atom is 0.318 e. The number of allylic oxidation sites excluding steroid dienone is 2. The van der Waals surface area contributed by atoms with Crippen LogP contribution in [0.5, 0.6) is 11.5 Å². The molecular weight excluding hydrogens is 703 g/mol. The summed E-state index contributed by atoms with van der Waals surface area (Å²) in [5.74, 6) is 0.339. The molecule has 14 heteroatoms. The van der Waals surface area contributed by atoms with Gasteiger partial charge in [0, 0.05) is 41.8 Å². The number of Topliss-reactive ketones (excluding diaryl/α,β-unsaturated/α-hetero) is 1. The number of fused-ring (bicyclic) bond motifs is 3. The van der Waals surface area contributed by atoms with Crippen LogP contribution in [0.1, 0.15) is 88.8 Å². The molecule has 3 fully saturated rings. The van der Waals surface area contributed by atoms with Crippen molar-refractivity contribution in [2.45, 2.75) is 102 Å². The minimum absolute atomic E-state index is 0.157. The van der Waals surface area contributed by atoms with Crippen LogP contribution < -0.4 is 19.5 Å². The van der Waals surface area contributed by atoms with E-state index in [-0.39, 0.29) is 43.0 Å². The molecule has 0 spiro atoms. The van der Waals surface area contributed by atoms with Crippen molar-refractivity contribution in [2.75, 3.05) is 20.2 Å². The average molecular weight is 750 g/mol. The molecule has 278 valence electrons. The molecule has 7 rings (SSSR count). The van der Waals surface area contributed by atoms with E-state index in [1.807, 2.05) is 42.7 Å².